The molecule has 8 heteroatoms. The van der Waals surface area contributed by atoms with Gasteiger partial charge in [0.1, 0.15) is 11.8 Å². The number of carbonyl (C=O) groups is 1. The maximum atomic E-state index is 14.3. The molecule has 0 radical (unpaired) electrons. The summed E-state index contributed by atoms with van der Waals surface area (Å²) >= 11 is 0. The number of hydrogen-bond donors (Lipinski definition) is 0. The summed E-state index contributed by atoms with van der Waals surface area (Å²) in [4.78, 5) is 13.5. The minimum absolute atomic E-state index is 0.237. The second-order valence-electron chi connectivity index (χ2n) is 6.68. The number of rotatable bonds is 2. The third kappa shape index (κ3) is 3.23. The van der Waals surface area contributed by atoms with Crippen molar-refractivity contribution >= 4 is 17.7 Å². The normalized spacial score (nSPS) is 20.3. The molecule has 2 atom stereocenters. The van der Waals surface area contributed by atoms with Gasteiger partial charge in [0.2, 0.25) is 0 Å². The molecule has 0 saturated heterocycles. The number of para-hydroxylation sites is 1. The quantitative estimate of drug-likeness (QED) is 0.681. The standard InChI is InChI=1S/C22H15F3N2O3/c1-29-21(28)18-19(15-7-4-5-13(11-15)12-26)30-17-10-9-14-6-2-3-8-16(14)27(17)20(18)22(23,24)25/h2-11,17,19H,1H3/t17-,19+/m1/s1. The Hall–Kier alpha value is -3.57. The number of esters is 1. The Kier molecular flexibility index (Phi) is 4.84. The Labute approximate surface area is 170 Å². The van der Waals surface area contributed by atoms with Gasteiger partial charge in [0, 0.05) is 0 Å². The number of fused-ring (bicyclic) bond motifs is 3. The molecule has 0 bridgehead atoms. The Morgan fingerprint density at radius 2 is 1.97 bits per heavy atom. The molecule has 2 aromatic rings. The maximum Gasteiger partial charge on any atom is 0.432 e. The van der Waals surface area contributed by atoms with Gasteiger partial charge in [0.25, 0.3) is 0 Å². The summed E-state index contributed by atoms with van der Waals surface area (Å²) in [6, 6.07) is 14.4. The average Bonchev–Trinajstić information content (AvgIpc) is 2.76. The second kappa shape index (κ2) is 7.35. The van der Waals surface area contributed by atoms with Crippen LogP contribution in [0.25, 0.3) is 6.08 Å². The molecule has 4 rings (SSSR count). The highest BCUT2D eigenvalue weighted by molar-refractivity contribution is 5.93. The topological polar surface area (TPSA) is 62.6 Å². The van der Waals surface area contributed by atoms with Crippen molar-refractivity contribution in [3.8, 4) is 6.07 Å². The number of nitriles is 1. The summed E-state index contributed by atoms with van der Waals surface area (Å²) in [5, 5.41) is 9.17. The molecule has 2 aliphatic heterocycles. The molecule has 152 valence electrons. The fraction of sp³-hybridized carbons (Fsp3) is 0.182. The van der Waals surface area contributed by atoms with Crippen molar-refractivity contribution in [1.29, 1.82) is 5.26 Å². The number of halogens is 3. The van der Waals surface area contributed by atoms with Crippen molar-refractivity contribution in [2.75, 3.05) is 12.0 Å². The van der Waals surface area contributed by atoms with Crippen LogP contribution >= 0.6 is 0 Å². The van der Waals surface area contributed by atoms with Gasteiger partial charge in [-0.25, -0.2) is 4.79 Å². The van der Waals surface area contributed by atoms with Crippen molar-refractivity contribution in [3.05, 3.63) is 82.6 Å². The Bertz CT molecular complexity index is 1120. The van der Waals surface area contributed by atoms with Gasteiger partial charge < -0.3 is 14.4 Å². The predicted octanol–water partition coefficient (Wildman–Crippen LogP) is 4.48. The van der Waals surface area contributed by atoms with E-state index in [1.807, 2.05) is 6.07 Å². The summed E-state index contributed by atoms with van der Waals surface area (Å²) < 4.78 is 53.7. The van der Waals surface area contributed by atoms with E-state index in [9.17, 15) is 18.0 Å². The zero-order valence-electron chi connectivity index (χ0n) is 15.7. The molecule has 2 heterocycles. The summed E-state index contributed by atoms with van der Waals surface area (Å²) in [7, 11) is 1.02. The van der Waals surface area contributed by atoms with Crippen LogP contribution in [0, 0.1) is 11.3 Å². The van der Waals surface area contributed by atoms with E-state index in [2.05, 4.69) is 0 Å². The number of methoxy groups -OCH3 is 1. The smallest absolute Gasteiger partial charge is 0.432 e. The Morgan fingerprint density at radius 3 is 2.67 bits per heavy atom. The third-order valence-electron chi connectivity index (χ3n) is 4.92. The predicted molar refractivity (Wildman–Crippen MR) is 102 cm³/mol. The molecule has 0 aliphatic carbocycles. The first-order chi connectivity index (χ1) is 14.3. The molecule has 30 heavy (non-hydrogen) atoms. The molecule has 5 nitrogen and oxygen atoms in total. The summed E-state index contributed by atoms with van der Waals surface area (Å²) in [5.41, 5.74) is -0.489. The van der Waals surface area contributed by atoms with Gasteiger partial charge in [0.15, 0.2) is 6.23 Å². The summed E-state index contributed by atoms with van der Waals surface area (Å²) in [5.74, 6) is -1.15. The van der Waals surface area contributed by atoms with Gasteiger partial charge in [-0.15, -0.1) is 0 Å². The van der Waals surface area contributed by atoms with Crippen molar-refractivity contribution < 1.29 is 27.4 Å². The van der Waals surface area contributed by atoms with Gasteiger partial charge in [-0.2, -0.15) is 18.4 Å². The van der Waals surface area contributed by atoms with Crippen molar-refractivity contribution in [2.24, 2.45) is 0 Å². The van der Waals surface area contributed by atoms with Gasteiger partial charge in [0.05, 0.1) is 30.0 Å². The second-order valence-corrected chi connectivity index (χ2v) is 6.68. The highest BCUT2D eigenvalue weighted by Gasteiger charge is 2.51. The van der Waals surface area contributed by atoms with Crippen molar-refractivity contribution in [2.45, 2.75) is 18.5 Å². The first-order valence-corrected chi connectivity index (χ1v) is 8.97. The highest BCUT2D eigenvalue weighted by Crippen LogP contribution is 2.48. The number of ether oxygens (including phenoxy) is 2. The molecule has 0 spiro atoms. The van der Waals surface area contributed by atoms with Gasteiger partial charge >= 0.3 is 12.1 Å². The summed E-state index contributed by atoms with van der Waals surface area (Å²) in [6.45, 7) is 0. The van der Waals surface area contributed by atoms with Crippen LogP contribution in [-0.4, -0.2) is 25.5 Å². The fourth-order valence-corrected chi connectivity index (χ4v) is 3.69. The molecule has 0 N–H and O–H groups in total. The molecule has 2 aromatic carbocycles. The number of allylic oxidation sites excluding steroid dienone is 1. The first-order valence-electron chi connectivity index (χ1n) is 8.97. The van der Waals surface area contributed by atoms with Crippen LogP contribution in [-0.2, 0) is 14.3 Å². The molecule has 0 amide bonds. The zero-order valence-corrected chi connectivity index (χ0v) is 15.7. The lowest BCUT2D eigenvalue weighted by molar-refractivity contribution is -0.142. The number of anilines is 1. The maximum absolute atomic E-state index is 14.3. The van der Waals surface area contributed by atoms with Gasteiger partial charge in [-0.1, -0.05) is 36.4 Å². The van der Waals surface area contributed by atoms with Crippen LogP contribution in [0.3, 0.4) is 0 Å². The molecular formula is C22H15F3N2O3. The largest absolute Gasteiger partial charge is 0.466 e. The SMILES string of the molecule is COC(=O)C1=C(C(F)(F)F)N2c3ccccc3C=C[C@H]2O[C@H]1c1cccc(C#N)c1. The van der Waals surface area contributed by atoms with Crippen LogP contribution in [0.1, 0.15) is 22.8 Å². The van der Waals surface area contributed by atoms with E-state index in [0.717, 1.165) is 12.0 Å². The summed E-state index contributed by atoms with van der Waals surface area (Å²) in [6.07, 6.45) is -4.14. The van der Waals surface area contributed by atoms with Crippen LogP contribution < -0.4 is 4.90 Å². The number of alkyl halides is 3. The van der Waals surface area contributed by atoms with Crippen LogP contribution in [0.15, 0.2) is 65.9 Å². The molecule has 0 saturated carbocycles. The van der Waals surface area contributed by atoms with Crippen LogP contribution in [0.2, 0.25) is 0 Å². The average molecular weight is 412 g/mol. The van der Waals surface area contributed by atoms with E-state index in [1.165, 1.54) is 36.4 Å². The van der Waals surface area contributed by atoms with E-state index >= 15 is 0 Å². The van der Waals surface area contributed by atoms with E-state index in [-0.39, 0.29) is 16.8 Å². The third-order valence-corrected chi connectivity index (χ3v) is 4.92. The lowest BCUT2D eigenvalue weighted by Crippen LogP contribution is -2.49. The molecule has 0 unspecified atom stereocenters. The lowest BCUT2D eigenvalue weighted by Gasteiger charge is -2.44. The van der Waals surface area contributed by atoms with E-state index in [1.54, 1.807) is 24.3 Å². The van der Waals surface area contributed by atoms with Crippen molar-refractivity contribution in [3.63, 3.8) is 0 Å². The fourth-order valence-electron chi connectivity index (χ4n) is 3.69. The number of hydrogen-bond acceptors (Lipinski definition) is 5. The zero-order chi connectivity index (χ0) is 21.5. The minimum Gasteiger partial charge on any atom is -0.466 e. The Morgan fingerprint density at radius 1 is 1.20 bits per heavy atom. The molecule has 0 aromatic heterocycles. The lowest BCUT2D eigenvalue weighted by atomic mass is 9.93. The monoisotopic (exact) mass is 412 g/mol. The number of benzene rings is 2. The Balaban J connectivity index is 2.00. The van der Waals surface area contributed by atoms with E-state index in [4.69, 9.17) is 14.7 Å². The van der Waals surface area contributed by atoms with E-state index in [0.29, 0.717) is 5.56 Å². The van der Waals surface area contributed by atoms with Crippen LogP contribution in [0.4, 0.5) is 18.9 Å². The number of nitrogens with zero attached hydrogens (tertiary/aromatic N) is 2. The van der Waals surface area contributed by atoms with Crippen molar-refractivity contribution in [1.82, 2.24) is 0 Å². The molecule has 0 fully saturated rings. The first kappa shape index (κ1) is 19.7. The minimum atomic E-state index is -4.87. The van der Waals surface area contributed by atoms with Crippen LogP contribution in [0.5, 0.6) is 0 Å². The molecule has 2 aliphatic rings. The molecular weight excluding hydrogens is 397 g/mol. The van der Waals surface area contributed by atoms with Gasteiger partial charge in [-0.3, -0.25) is 0 Å². The highest BCUT2D eigenvalue weighted by atomic mass is 19.4. The van der Waals surface area contributed by atoms with Gasteiger partial charge in [-0.05, 0) is 35.4 Å². The van der Waals surface area contributed by atoms with E-state index < -0.39 is 35.7 Å². The number of carbonyl (C=O) groups excluding carboxylic acids is 1.